The van der Waals surface area contributed by atoms with Crippen molar-refractivity contribution in [1.29, 1.82) is 0 Å². The molecule has 6 nitrogen and oxygen atoms in total. The van der Waals surface area contributed by atoms with E-state index in [1.165, 1.54) is 0 Å². The highest BCUT2D eigenvalue weighted by Crippen LogP contribution is 2.41. The van der Waals surface area contributed by atoms with Gasteiger partial charge in [0.15, 0.2) is 0 Å². The zero-order valence-corrected chi connectivity index (χ0v) is 16.6. The summed E-state index contributed by atoms with van der Waals surface area (Å²) < 4.78 is 203. The Morgan fingerprint density at radius 1 is 0.500 bits per heavy atom. The van der Waals surface area contributed by atoms with Gasteiger partial charge in [-0.1, -0.05) is 0 Å². The third kappa shape index (κ3) is 7.51. The zero-order valence-electron chi connectivity index (χ0n) is 14.9. The van der Waals surface area contributed by atoms with Crippen LogP contribution in [-0.2, 0) is 28.6 Å². The van der Waals surface area contributed by atoms with Crippen molar-refractivity contribution in [1.82, 2.24) is 0 Å². The van der Waals surface area contributed by atoms with Gasteiger partial charge in [-0.05, 0) is 25.7 Å². The number of rotatable bonds is 6. The Bertz CT molecular complexity index is 747. The van der Waals surface area contributed by atoms with Gasteiger partial charge in [-0.15, -0.1) is 0 Å². The Kier molecular flexibility index (Phi) is 8.13. The van der Waals surface area contributed by atoms with Gasteiger partial charge in [0.25, 0.3) is 32.4 Å². The van der Waals surface area contributed by atoms with E-state index in [0.717, 1.165) is 0 Å². The first-order valence-corrected chi connectivity index (χ1v) is 10.9. The second-order valence-electron chi connectivity index (χ2n) is 6.50. The van der Waals surface area contributed by atoms with Gasteiger partial charge in [0.05, 0.1) is 10.5 Å². The molecule has 0 amide bonds. The SMILES string of the molecule is O=S(=O)(OC(C(F)(F)F)C(F)(F)F)C1CCC(S(=O)(=O)OC(C(F)(F)F)C(F)(F)F)CC1. The molecule has 0 saturated heterocycles. The van der Waals surface area contributed by atoms with E-state index in [1.54, 1.807) is 0 Å². The van der Waals surface area contributed by atoms with E-state index in [-0.39, 0.29) is 0 Å². The Morgan fingerprint density at radius 3 is 0.844 bits per heavy atom. The first kappa shape index (κ1) is 29.0. The summed E-state index contributed by atoms with van der Waals surface area (Å²) in [5.41, 5.74) is 0. The second-order valence-corrected chi connectivity index (χ2v) is 10.2. The normalized spacial score (nSPS) is 22.6. The topological polar surface area (TPSA) is 86.7 Å². The van der Waals surface area contributed by atoms with Crippen molar-refractivity contribution < 1.29 is 77.9 Å². The van der Waals surface area contributed by atoms with Gasteiger partial charge < -0.3 is 0 Å². The summed E-state index contributed by atoms with van der Waals surface area (Å²) in [6, 6.07) is 0. The van der Waals surface area contributed by atoms with Crippen LogP contribution in [0.5, 0.6) is 0 Å². The largest absolute Gasteiger partial charge is 0.425 e. The molecule has 0 aromatic heterocycles. The third-order valence-electron chi connectivity index (χ3n) is 4.09. The summed E-state index contributed by atoms with van der Waals surface area (Å²) in [6.07, 6.45) is -38.4. The van der Waals surface area contributed by atoms with Crippen LogP contribution in [0.25, 0.3) is 0 Å². The maximum Gasteiger partial charge on any atom is 0.425 e. The summed E-state index contributed by atoms with van der Waals surface area (Å²) >= 11 is 0. The molecule has 0 aromatic carbocycles. The fourth-order valence-electron chi connectivity index (χ4n) is 2.62. The first-order valence-electron chi connectivity index (χ1n) is 8.00. The van der Waals surface area contributed by atoms with Gasteiger partial charge in [0, 0.05) is 0 Å². The van der Waals surface area contributed by atoms with Gasteiger partial charge in [-0.2, -0.15) is 69.5 Å². The number of halogens is 12. The van der Waals surface area contributed by atoms with Crippen molar-refractivity contribution in [2.24, 2.45) is 0 Å². The van der Waals surface area contributed by atoms with E-state index in [4.69, 9.17) is 0 Å². The van der Waals surface area contributed by atoms with Crippen LogP contribution >= 0.6 is 0 Å². The van der Waals surface area contributed by atoms with Crippen LogP contribution in [0.2, 0.25) is 0 Å². The predicted molar refractivity (Wildman–Crippen MR) is 77.8 cm³/mol. The maximum absolute atomic E-state index is 12.5. The smallest absolute Gasteiger partial charge is 0.247 e. The zero-order chi connectivity index (χ0) is 25.6. The average molecular weight is 544 g/mol. The minimum atomic E-state index is -6.19. The molecule has 0 atom stereocenters. The quantitative estimate of drug-likeness (QED) is 0.372. The molecular formula is C12H12F12O6S2. The molecule has 0 aliphatic heterocycles. The molecule has 0 unspecified atom stereocenters. The van der Waals surface area contributed by atoms with E-state index < -0.39 is 93.3 Å². The minimum absolute atomic E-state index is 1.04. The van der Waals surface area contributed by atoms with Crippen molar-refractivity contribution in [3.05, 3.63) is 0 Å². The fraction of sp³-hybridized carbons (Fsp3) is 1.00. The van der Waals surface area contributed by atoms with E-state index in [1.807, 2.05) is 0 Å². The molecule has 1 aliphatic carbocycles. The summed E-state index contributed by atoms with van der Waals surface area (Å²) in [5.74, 6) is 0. The number of hydrogen-bond acceptors (Lipinski definition) is 6. The van der Waals surface area contributed by atoms with Crippen molar-refractivity contribution in [2.45, 2.75) is 73.1 Å². The van der Waals surface area contributed by atoms with Crippen molar-refractivity contribution in [2.75, 3.05) is 0 Å². The summed E-state index contributed by atoms with van der Waals surface area (Å²) in [4.78, 5) is 0. The highest BCUT2D eigenvalue weighted by molar-refractivity contribution is 7.87. The predicted octanol–water partition coefficient (Wildman–Crippen LogP) is 3.98. The standard InChI is InChI=1S/C12H12F12O6S2/c13-9(14,15)7(10(16,17)18)29-31(25,26)5-1-2-6(4-3-5)32(27,28)30-8(11(19,20)21)12(22,23)24/h5-8H,1-4H2. The number of hydrogen-bond donors (Lipinski definition) is 0. The summed E-state index contributed by atoms with van der Waals surface area (Å²) in [7, 11) is -11.2. The lowest BCUT2D eigenvalue weighted by atomic mass is 10.00. The molecule has 1 saturated carbocycles. The van der Waals surface area contributed by atoms with Crippen LogP contribution < -0.4 is 0 Å². The minimum Gasteiger partial charge on any atom is -0.247 e. The molecule has 0 aromatic rings. The molecule has 1 aliphatic rings. The average Bonchev–Trinajstić information content (AvgIpc) is 2.54. The molecule has 0 spiro atoms. The third-order valence-corrected chi connectivity index (χ3v) is 7.58. The highest BCUT2D eigenvalue weighted by atomic mass is 32.2. The van der Waals surface area contributed by atoms with E-state index >= 15 is 0 Å². The number of alkyl halides is 12. The highest BCUT2D eigenvalue weighted by Gasteiger charge is 2.62. The van der Waals surface area contributed by atoms with E-state index in [9.17, 15) is 69.5 Å². The van der Waals surface area contributed by atoms with Crippen molar-refractivity contribution in [3.8, 4) is 0 Å². The molecule has 0 radical (unpaired) electrons. The van der Waals surface area contributed by atoms with Crippen LogP contribution in [0.4, 0.5) is 52.7 Å². The van der Waals surface area contributed by atoms with Gasteiger partial charge in [-0.25, -0.2) is 8.37 Å². The van der Waals surface area contributed by atoms with Crippen LogP contribution in [-0.4, -0.2) is 64.2 Å². The molecule has 1 rings (SSSR count). The van der Waals surface area contributed by atoms with E-state index in [2.05, 4.69) is 8.37 Å². The van der Waals surface area contributed by atoms with Crippen LogP contribution in [0.3, 0.4) is 0 Å². The molecule has 32 heavy (non-hydrogen) atoms. The lowest BCUT2D eigenvalue weighted by molar-refractivity contribution is -0.300. The molecule has 0 bridgehead atoms. The molecular weight excluding hydrogens is 532 g/mol. The van der Waals surface area contributed by atoms with Crippen LogP contribution in [0.15, 0.2) is 0 Å². The Labute approximate surface area is 172 Å². The lowest BCUT2D eigenvalue weighted by Gasteiger charge is -2.31. The van der Waals surface area contributed by atoms with Crippen LogP contribution in [0, 0.1) is 0 Å². The molecule has 0 N–H and O–H groups in total. The van der Waals surface area contributed by atoms with Crippen molar-refractivity contribution >= 4 is 20.2 Å². The van der Waals surface area contributed by atoms with Gasteiger partial charge in [0.1, 0.15) is 0 Å². The molecule has 0 heterocycles. The van der Waals surface area contributed by atoms with E-state index in [0.29, 0.717) is 0 Å². The Hall–Kier alpha value is -1.02. The Balaban J connectivity index is 2.96. The fourth-order valence-corrected chi connectivity index (χ4v) is 5.61. The summed E-state index contributed by atoms with van der Waals surface area (Å²) in [5, 5.41) is -4.27. The maximum atomic E-state index is 12.5. The Morgan fingerprint density at radius 2 is 0.688 bits per heavy atom. The lowest BCUT2D eigenvalue weighted by Crippen LogP contribution is -2.48. The van der Waals surface area contributed by atoms with Crippen LogP contribution in [0.1, 0.15) is 25.7 Å². The molecule has 192 valence electrons. The van der Waals surface area contributed by atoms with Gasteiger partial charge in [0.2, 0.25) is 0 Å². The molecule has 1 fully saturated rings. The molecule has 20 heteroatoms. The van der Waals surface area contributed by atoms with Crippen molar-refractivity contribution in [3.63, 3.8) is 0 Å². The first-order chi connectivity index (χ1) is 13.9. The second kappa shape index (κ2) is 8.97. The monoisotopic (exact) mass is 544 g/mol. The summed E-state index contributed by atoms with van der Waals surface area (Å²) in [6.45, 7) is 0. The van der Waals surface area contributed by atoms with Gasteiger partial charge >= 0.3 is 24.7 Å². The van der Waals surface area contributed by atoms with Gasteiger partial charge in [-0.3, -0.25) is 0 Å².